The van der Waals surface area contributed by atoms with Crippen LogP contribution in [0.1, 0.15) is 16.1 Å². The first-order chi connectivity index (χ1) is 12.5. The van der Waals surface area contributed by atoms with Crippen LogP contribution in [0.2, 0.25) is 0 Å². The third-order valence-electron chi connectivity index (χ3n) is 3.54. The Morgan fingerprint density at radius 1 is 1.15 bits per heavy atom. The Labute approximate surface area is 149 Å². The van der Waals surface area contributed by atoms with Gasteiger partial charge in [0, 0.05) is 12.4 Å². The second-order valence-electron chi connectivity index (χ2n) is 5.17. The number of hydrogen-bond acceptors (Lipinski definition) is 7. The Kier molecular flexibility index (Phi) is 5.10. The van der Waals surface area contributed by atoms with Crippen LogP contribution in [0.25, 0.3) is 11.5 Å². The number of carbonyl (C=O) groups excluding carboxylic acids is 1. The molecule has 0 unspecified atom stereocenters. The van der Waals surface area contributed by atoms with Crippen LogP contribution in [0.3, 0.4) is 0 Å². The van der Waals surface area contributed by atoms with Crippen molar-refractivity contribution in [2.45, 2.75) is 11.4 Å². The minimum atomic E-state index is -3.79. The monoisotopic (exact) mass is 373 g/mol. The average molecular weight is 373 g/mol. The fourth-order valence-corrected chi connectivity index (χ4v) is 3.24. The van der Waals surface area contributed by atoms with Gasteiger partial charge in [-0.15, -0.1) is 0 Å². The molecule has 9 heteroatoms. The number of benzene rings is 1. The van der Waals surface area contributed by atoms with E-state index >= 15 is 0 Å². The molecule has 2 heterocycles. The lowest BCUT2D eigenvalue weighted by Gasteiger charge is -2.09. The van der Waals surface area contributed by atoms with Gasteiger partial charge in [-0.1, -0.05) is 0 Å². The highest BCUT2D eigenvalue weighted by Crippen LogP contribution is 2.20. The number of rotatable bonds is 6. The van der Waals surface area contributed by atoms with Gasteiger partial charge in [0.15, 0.2) is 5.76 Å². The average Bonchev–Trinajstić information content (AvgIpc) is 3.21. The predicted octanol–water partition coefficient (Wildman–Crippen LogP) is 2.00. The smallest absolute Gasteiger partial charge is 0.337 e. The van der Waals surface area contributed by atoms with E-state index in [0.29, 0.717) is 17.1 Å². The fraction of sp³-hybridized carbons (Fsp3) is 0.118. The Bertz CT molecular complexity index is 999. The molecule has 0 saturated carbocycles. The molecule has 0 atom stereocenters. The van der Waals surface area contributed by atoms with E-state index in [2.05, 4.69) is 19.4 Å². The molecule has 2 aromatic heterocycles. The van der Waals surface area contributed by atoms with Gasteiger partial charge >= 0.3 is 5.97 Å². The molecule has 0 bridgehead atoms. The van der Waals surface area contributed by atoms with Crippen LogP contribution in [-0.2, 0) is 21.3 Å². The molecular formula is C17H15N3O5S. The van der Waals surface area contributed by atoms with Crippen LogP contribution < -0.4 is 4.72 Å². The molecule has 0 aliphatic heterocycles. The number of nitrogens with zero attached hydrogens (tertiary/aromatic N) is 2. The molecule has 26 heavy (non-hydrogen) atoms. The number of furan rings is 1. The minimum absolute atomic E-state index is 0.0218. The van der Waals surface area contributed by atoms with Crippen molar-refractivity contribution in [3.05, 3.63) is 66.3 Å². The number of nitrogens with one attached hydrogen (secondary N) is 1. The largest absolute Gasteiger partial charge is 0.465 e. The van der Waals surface area contributed by atoms with Crippen LogP contribution >= 0.6 is 0 Å². The number of carbonyl (C=O) groups is 1. The number of hydrogen-bond donors (Lipinski definition) is 1. The number of methoxy groups -OCH3 is 1. The maximum absolute atomic E-state index is 12.5. The summed E-state index contributed by atoms with van der Waals surface area (Å²) in [6, 6.07) is 8.86. The highest BCUT2D eigenvalue weighted by atomic mass is 32.2. The van der Waals surface area contributed by atoms with Crippen molar-refractivity contribution in [1.82, 2.24) is 14.7 Å². The molecule has 3 rings (SSSR count). The van der Waals surface area contributed by atoms with Gasteiger partial charge < -0.3 is 9.15 Å². The van der Waals surface area contributed by atoms with Gasteiger partial charge in [0.1, 0.15) is 5.69 Å². The molecule has 0 saturated heterocycles. The Morgan fingerprint density at radius 2 is 1.88 bits per heavy atom. The normalized spacial score (nSPS) is 11.3. The number of ether oxygens (including phenoxy) is 1. The lowest BCUT2D eigenvalue weighted by Crippen LogP contribution is -2.24. The SMILES string of the molecule is COC(=O)c1ccc(S(=O)(=O)NCc2nccnc2-c2ccco2)cc1. The topological polar surface area (TPSA) is 111 Å². The van der Waals surface area contributed by atoms with E-state index in [-0.39, 0.29) is 17.0 Å². The summed E-state index contributed by atoms with van der Waals surface area (Å²) in [5.74, 6) is -0.0423. The van der Waals surface area contributed by atoms with Gasteiger partial charge in [-0.25, -0.2) is 22.9 Å². The second-order valence-corrected chi connectivity index (χ2v) is 6.94. The predicted molar refractivity (Wildman–Crippen MR) is 91.5 cm³/mol. The van der Waals surface area contributed by atoms with Crippen molar-refractivity contribution in [2.75, 3.05) is 7.11 Å². The van der Waals surface area contributed by atoms with E-state index in [4.69, 9.17) is 4.42 Å². The summed E-state index contributed by atoms with van der Waals surface area (Å²) < 4.78 is 37.3. The van der Waals surface area contributed by atoms with E-state index in [1.807, 2.05) is 0 Å². The van der Waals surface area contributed by atoms with Gasteiger partial charge in [0.05, 0.1) is 36.1 Å². The first kappa shape index (κ1) is 17.8. The van der Waals surface area contributed by atoms with Crippen LogP contribution in [-0.4, -0.2) is 31.5 Å². The second kappa shape index (κ2) is 7.46. The van der Waals surface area contributed by atoms with E-state index in [0.717, 1.165) is 0 Å². The highest BCUT2D eigenvalue weighted by Gasteiger charge is 2.17. The van der Waals surface area contributed by atoms with E-state index in [1.54, 1.807) is 12.1 Å². The molecule has 0 fully saturated rings. The molecule has 0 spiro atoms. The first-order valence-electron chi connectivity index (χ1n) is 7.53. The lowest BCUT2D eigenvalue weighted by atomic mass is 10.2. The van der Waals surface area contributed by atoms with Gasteiger partial charge in [0.25, 0.3) is 0 Å². The summed E-state index contributed by atoms with van der Waals surface area (Å²) in [6.45, 7) is -0.0645. The summed E-state index contributed by atoms with van der Waals surface area (Å²) >= 11 is 0. The molecule has 1 aromatic carbocycles. The third-order valence-corrected chi connectivity index (χ3v) is 4.96. The molecule has 0 aliphatic rings. The highest BCUT2D eigenvalue weighted by molar-refractivity contribution is 7.89. The van der Waals surface area contributed by atoms with Crippen LogP contribution in [0, 0.1) is 0 Å². The zero-order valence-electron chi connectivity index (χ0n) is 13.7. The fourth-order valence-electron chi connectivity index (χ4n) is 2.25. The van der Waals surface area contributed by atoms with E-state index in [1.165, 1.54) is 50.0 Å². The molecule has 0 amide bonds. The summed E-state index contributed by atoms with van der Waals surface area (Å²) in [5.41, 5.74) is 1.15. The molecule has 0 aliphatic carbocycles. The van der Waals surface area contributed by atoms with Gasteiger partial charge in [-0.3, -0.25) is 4.98 Å². The zero-order valence-corrected chi connectivity index (χ0v) is 14.6. The summed E-state index contributed by atoms with van der Waals surface area (Å²) in [5, 5.41) is 0. The molecule has 134 valence electrons. The summed E-state index contributed by atoms with van der Waals surface area (Å²) in [6.07, 6.45) is 4.48. The van der Waals surface area contributed by atoms with Crippen molar-refractivity contribution >= 4 is 16.0 Å². The van der Waals surface area contributed by atoms with Crippen LogP contribution in [0.15, 0.2) is 64.4 Å². The maximum atomic E-state index is 12.5. The van der Waals surface area contributed by atoms with Gasteiger partial charge in [-0.2, -0.15) is 0 Å². The molecule has 3 aromatic rings. The van der Waals surface area contributed by atoms with Crippen LogP contribution in [0.4, 0.5) is 0 Å². The van der Waals surface area contributed by atoms with Crippen molar-refractivity contribution in [1.29, 1.82) is 0 Å². The lowest BCUT2D eigenvalue weighted by molar-refractivity contribution is 0.0600. The van der Waals surface area contributed by atoms with E-state index in [9.17, 15) is 13.2 Å². The standard InChI is InChI=1S/C17H15N3O5S/c1-24-17(21)12-4-6-13(7-5-12)26(22,23)20-11-14-16(19-9-8-18-14)15-3-2-10-25-15/h2-10,20H,11H2,1H3. The van der Waals surface area contributed by atoms with Crippen LogP contribution in [0.5, 0.6) is 0 Å². The van der Waals surface area contributed by atoms with Crippen molar-refractivity contribution in [3.8, 4) is 11.5 Å². The van der Waals surface area contributed by atoms with Crippen molar-refractivity contribution in [3.63, 3.8) is 0 Å². The van der Waals surface area contributed by atoms with Crippen molar-refractivity contribution < 1.29 is 22.4 Å². The third kappa shape index (κ3) is 3.79. The Hall–Kier alpha value is -3.04. The zero-order chi connectivity index (χ0) is 18.6. The summed E-state index contributed by atoms with van der Waals surface area (Å²) in [4.78, 5) is 19.8. The Morgan fingerprint density at radius 3 is 2.54 bits per heavy atom. The van der Waals surface area contributed by atoms with Crippen molar-refractivity contribution in [2.24, 2.45) is 0 Å². The number of aromatic nitrogens is 2. The minimum Gasteiger partial charge on any atom is -0.465 e. The number of sulfonamides is 1. The molecular weight excluding hydrogens is 358 g/mol. The molecule has 0 radical (unpaired) electrons. The van der Waals surface area contributed by atoms with E-state index < -0.39 is 16.0 Å². The first-order valence-corrected chi connectivity index (χ1v) is 9.01. The summed E-state index contributed by atoms with van der Waals surface area (Å²) in [7, 11) is -2.54. The Balaban J connectivity index is 1.78. The van der Waals surface area contributed by atoms with Gasteiger partial charge in [0.2, 0.25) is 10.0 Å². The number of esters is 1. The maximum Gasteiger partial charge on any atom is 0.337 e. The molecule has 8 nitrogen and oxygen atoms in total. The molecule has 1 N–H and O–H groups in total. The quantitative estimate of drug-likeness (QED) is 0.658. The van der Waals surface area contributed by atoms with Gasteiger partial charge in [-0.05, 0) is 36.4 Å².